The van der Waals surface area contributed by atoms with E-state index in [2.05, 4.69) is 32.8 Å². The van der Waals surface area contributed by atoms with Gasteiger partial charge in [-0.25, -0.2) is 9.97 Å². The Morgan fingerprint density at radius 3 is 2.72 bits per heavy atom. The summed E-state index contributed by atoms with van der Waals surface area (Å²) in [4.78, 5) is 13.1. The van der Waals surface area contributed by atoms with Crippen LogP contribution in [-0.4, -0.2) is 58.8 Å². The number of aliphatic hydroxyl groups is 1. The highest BCUT2D eigenvalue weighted by molar-refractivity contribution is 5.41. The number of anilines is 1. The van der Waals surface area contributed by atoms with E-state index in [-0.39, 0.29) is 6.10 Å². The molecule has 6 nitrogen and oxygen atoms in total. The fraction of sp³-hybridized carbons (Fsp3) is 0.474. The first-order valence-electron chi connectivity index (χ1n) is 8.91. The molecule has 0 unspecified atom stereocenters. The molecule has 2 atom stereocenters. The van der Waals surface area contributed by atoms with E-state index in [0.29, 0.717) is 6.54 Å². The Labute approximate surface area is 148 Å². The minimum absolute atomic E-state index is 0.232. The van der Waals surface area contributed by atoms with Gasteiger partial charge in [0.2, 0.25) is 5.95 Å². The molecular formula is C19H24N4O2. The van der Waals surface area contributed by atoms with Gasteiger partial charge in [0.05, 0.1) is 6.10 Å². The Kier molecular flexibility index (Phi) is 4.55. The minimum Gasteiger partial charge on any atom is -0.490 e. The van der Waals surface area contributed by atoms with E-state index in [4.69, 9.17) is 4.74 Å². The summed E-state index contributed by atoms with van der Waals surface area (Å²) in [5.41, 5.74) is 2.18. The summed E-state index contributed by atoms with van der Waals surface area (Å²) in [7, 11) is 0. The SMILES string of the molecule is C[C@@H]1Cc2cc([C@@H](O)CN3CCN(c4ncccn4)CC3)ccc2O1. The third-order valence-corrected chi connectivity index (χ3v) is 4.94. The third-order valence-electron chi connectivity index (χ3n) is 4.94. The molecule has 0 bridgehead atoms. The first-order valence-corrected chi connectivity index (χ1v) is 8.91. The average Bonchev–Trinajstić information content (AvgIpc) is 3.02. The highest BCUT2D eigenvalue weighted by Gasteiger charge is 2.23. The second-order valence-electron chi connectivity index (χ2n) is 6.85. The van der Waals surface area contributed by atoms with Crippen molar-refractivity contribution in [1.82, 2.24) is 14.9 Å². The molecule has 1 aromatic carbocycles. The number of hydrogen-bond donors (Lipinski definition) is 1. The molecule has 2 aliphatic rings. The Morgan fingerprint density at radius 2 is 1.96 bits per heavy atom. The number of fused-ring (bicyclic) bond motifs is 1. The fourth-order valence-corrected chi connectivity index (χ4v) is 3.58. The lowest BCUT2D eigenvalue weighted by Crippen LogP contribution is -2.48. The smallest absolute Gasteiger partial charge is 0.225 e. The van der Waals surface area contributed by atoms with E-state index in [0.717, 1.165) is 49.9 Å². The van der Waals surface area contributed by atoms with E-state index in [1.54, 1.807) is 12.4 Å². The van der Waals surface area contributed by atoms with Crippen LogP contribution in [-0.2, 0) is 6.42 Å². The Bertz CT molecular complexity index is 717. The molecular weight excluding hydrogens is 316 g/mol. The standard InChI is InChI=1S/C19H24N4O2/c1-14-11-16-12-15(3-4-18(16)25-14)17(24)13-22-7-9-23(10-8-22)19-20-5-2-6-21-19/h2-6,12,14,17,24H,7-11,13H2,1H3/t14-,17+/m1/s1. The topological polar surface area (TPSA) is 61.7 Å². The van der Waals surface area contributed by atoms with Gasteiger partial charge < -0.3 is 14.7 Å². The van der Waals surface area contributed by atoms with E-state index in [9.17, 15) is 5.11 Å². The zero-order valence-electron chi connectivity index (χ0n) is 14.5. The van der Waals surface area contributed by atoms with Crippen molar-refractivity contribution in [2.75, 3.05) is 37.6 Å². The quantitative estimate of drug-likeness (QED) is 0.913. The van der Waals surface area contributed by atoms with Crippen molar-refractivity contribution >= 4 is 5.95 Å². The van der Waals surface area contributed by atoms with Gasteiger partial charge in [-0.3, -0.25) is 4.90 Å². The molecule has 2 aliphatic heterocycles. The fourth-order valence-electron chi connectivity index (χ4n) is 3.58. The zero-order chi connectivity index (χ0) is 17.2. The zero-order valence-corrected chi connectivity index (χ0v) is 14.5. The van der Waals surface area contributed by atoms with Crippen LogP contribution in [0.3, 0.4) is 0 Å². The van der Waals surface area contributed by atoms with Crippen molar-refractivity contribution in [2.45, 2.75) is 25.6 Å². The van der Waals surface area contributed by atoms with Crippen LogP contribution in [0.1, 0.15) is 24.2 Å². The Balaban J connectivity index is 1.33. The second-order valence-corrected chi connectivity index (χ2v) is 6.85. The molecule has 0 radical (unpaired) electrons. The highest BCUT2D eigenvalue weighted by Crippen LogP contribution is 2.31. The normalized spacial score (nSPS) is 21.7. The van der Waals surface area contributed by atoms with E-state index >= 15 is 0 Å². The number of nitrogens with zero attached hydrogens (tertiary/aromatic N) is 4. The van der Waals surface area contributed by atoms with Gasteiger partial charge in [0.1, 0.15) is 11.9 Å². The number of β-amino-alcohol motifs (C(OH)–C–C–N with tert-alkyl or cyclic N) is 1. The molecule has 25 heavy (non-hydrogen) atoms. The Hall–Kier alpha value is -2.18. The number of hydrogen-bond acceptors (Lipinski definition) is 6. The molecule has 2 aromatic rings. The summed E-state index contributed by atoms with van der Waals surface area (Å²) in [5.74, 6) is 1.75. The van der Waals surface area contributed by atoms with E-state index in [1.165, 1.54) is 5.56 Å². The lowest BCUT2D eigenvalue weighted by molar-refractivity contribution is 0.109. The van der Waals surface area contributed by atoms with Crippen molar-refractivity contribution in [3.63, 3.8) is 0 Å². The molecule has 0 amide bonds. The maximum atomic E-state index is 10.6. The van der Waals surface area contributed by atoms with Gasteiger partial charge in [-0.05, 0) is 36.2 Å². The van der Waals surface area contributed by atoms with Crippen LogP contribution in [0.4, 0.5) is 5.95 Å². The van der Waals surface area contributed by atoms with Crippen molar-refractivity contribution < 1.29 is 9.84 Å². The van der Waals surface area contributed by atoms with Crippen LogP contribution in [0.15, 0.2) is 36.7 Å². The summed E-state index contributed by atoms with van der Waals surface area (Å²) in [6.45, 7) is 6.30. The third kappa shape index (κ3) is 3.60. The van der Waals surface area contributed by atoms with E-state index < -0.39 is 6.10 Å². The van der Waals surface area contributed by atoms with Crippen LogP contribution in [0, 0.1) is 0 Å². The molecule has 1 aromatic heterocycles. The molecule has 6 heteroatoms. The molecule has 0 spiro atoms. The van der Waals surface area contributed by atoms with Crippen LogP contribution in [0.25, 0.3) is 0 Å². The average molecular weight is 340 g/mol. The number of aliphatic hydroxyl groups excluding tert-OH is 1. The maximum Gasteiger partial charge on any atom is 0.225 e. The summed E-state index contributed by atoms with van der Waals surface area (Å²) in [6, 6.07) is 7.90. The van der Waals surface area contributed by atoms with Crippen molar-refractivity contribution in [1.29, 1.82) is 0 Å². The lowest BCUT2D eigenvalue weighted by atomic mass is 10.0. The Morgan fingerprint density at radius 1 is 1.20 bits per heavy atom. The molecule has 4 rings (SSSR count). The van der Waals surface area contributed by atoms with E-state index in [1.807, 2.05) is 18.2 Å². The predicted octanol–water partition coefficient (Wildman–Crippen LogP) is 1.66. The van der Waals surface area contributed by atoms with Crippen LogP contribution < -0.4 is 9.64 Å². The van der Waals surface area contributed by atoms with Crippen LogP contribution in [0.2, 0.25) is 0 Å². The molecule has 1 fully saturated rings. The summed E-state index contributed by atoms with van der Waals surface area (Å²) in [6.07, 6.45) is 4.23. The number of aromatic nitrogens is 2. The molecule has 1 N–H and O–H groups in total. The van der Waals surface area contributed by atoms with Gasteiger partial charge in [0.15, 0.2) is 0 Å². The first-order chi connectivity index (χ1) is 12.2. The summed E-state index contributed by atoms with van der Waals surface area (Å²) in [5, 5.41) is 10.6. The van der Waals surface area contributed by atoms with Crippen molar-refractivity contribution in [3.05, 3.63) is 47.8 Å². The molecule has 3 heterocycles. The number of benzene rings is 1. The predicted molar refractivity (Wildman–Crippen MR) is 95.9 cm³/mol. The minimum atomic E-state index is -0.472. The van der Waals surface area contributed by atoms with Gasteiger partial charge in [0.25, 0.3) is 0 Å². The van der Waals surface area contributed by atoms with Gasteiger partial charge in [0, 0.05) is 51.5 Å². The number of piperazine rings is 1. The highest BCUT2D eigenvalue weighted by atomic mass is 16.5. The summed E-state index contributed by atoms with van der Waals surface area (Å²) < 4.78 is 5.74. The molecule has 0 saturated carbocycles. The first kappa shape index (κ1) is 16.3. The van der Waals surface area contributed by atoms with Gasteiger partial charge in [-0.15, -0.1) is 0 Å². The molecule has 1 saturated heterocycles. The van der Waals surface area contributed by atoms with Crippen molar-refractivity contribution in [3.8, 4) is 5.75 Å². The number of rotatable bonds is 4. The largest absolute Gasteiger partial charge is 0.490 e. The van der Waals surface area contributed by atoms with Crippen LogP contribution in [0.5, 0.6) is 5.75 Å². The monoisotopic (exact) mass is 340 g/mol. The van der Waals surface area contributed by atoms with Gasteiger partial charge >= 0.3 is 0 Å². The maximum absolute atomic E-state index is 10.6. The lowest BCUT2D eigenvalue weighted by Gasteiger charge is -2.35. The number of ether oxygens (including phenoxy) is 1. The van der Waals surface area contributed by atoms with Crippen molar-refractivity contribution in [2.24, 2.45) is 0 Å². The second kappa shape index (κ2) is 6.98. The van der Waals surface area contributed by atoms with Crippen LogP contribution >= 0.6 is 0 Å². The molecule has 132 valence electrons. The van der Waals surface area contributed by atoms with Gasteiger partial charge in [-0.2, -0.15) is 0 Å². The molecule has 0 aliphatic carbocycles. The van der Waals surface area contributed by atoms with Gasteiger partial charge in [-0.1, -0.05) is 6.07 Å². The summed E-state index contributed by atoms with van der Waals surface area (Å²) >= 11 is 0.